The smallest absolute Gasteiger partial charge is 0.242 e. The Hall–Kier alpha value is -2.66. The van der Waals surface area contributed by atoms with Gasteiger partial charge in [-0.1, -0.05) is 68.4 Å². The maximum Gasteiger partial charge on any atom is 0.242 e. The van der Waals surface area contributed by atoms with Crippen LogP contribution in [0, 0.1) is 5.92 Å². The van der Waals surface area contributed by atoms with Crippen LogP contribution in [-0.4, -0.2) is 30.4 Å². The number of hydrogen-bond acceptors (Lipinski definition) is 3. The van der Waals surface area contributed by atoms with Gasteiger partial charge in [0.1, 0.15) is 6.04 Å². The van der Waals surface area contributed by atoms with Crippen LogP contribution in [0.2, 0.25) is 0 Å². The first kappa shape index (κ1) is 20.6. The minimum Gasteiger partial charge on any atom is -0.355 e. The summed E-state index contributed by atoms with van der Waals surface area (Å²) in [5.41, 5.74) is 9.33. The van der Waals surface area contributed by atoms with Gasteiger partial charge in [-0.15, -0.1) is 0 Å². The fraction of sp³-hybridized carbons (Fsp3) is 0.364. The van der Waals surface area contributed by atoms with Gasteiger partial charge in [0.25, 0.3) is 0 Å². The largest absolute Gasteiger partial charge is 0.355 e. The van der Waals surface area contributed by atoms with Gasteiger partial charge >= 0.3 is 0 Å². The van der Waals surface area contributed by atoms with Gasteiger partial charge in [-0.2, -0.15) is 0 Å². The van der Waals surface area contributed by atoms with Crippen molar-refractivity contribution >= 4 is 11.8 Å². The van der Waals surface area contributed by atoms with Crippen LogP contribution in [-0.2, 0) is 16.0 Å². The van der Waals surface area contributed by atoms with E-state index in [-0.39, 0.29) is 17.7 Å². The summed E-state index contributed by atoms with van der Waals surface area (Å²) in [6.07, 6.45) is 0.418. The van der Waals surface area contributed by atoms with Gasteiger partial charge in [-0.25, -0.2) is 0 Å². The van der Waals surface area contributed by atoms with Crippen LogP contribution in [0.15, 0.2) is 54.6 Å². The van der Waals surface area contributed by atoms with Crippen molar-refractivity contribution in [2.45, 2.75) is 39.3 Å². The molecule has 5 heteroatoms. The predicted octanol–water partition coefficient (Wildman–Crippen LogP) is 2.50. The molecular formula is C22H29N3O2. The summed E-state index contributed by atoms with van der Waals surface area (Å²) in [6.45, 7) is 6.17. The van der Waals surface area contributed by atoms with E-state index >= 15 is 0 Å². The summed E-state index contributed by atoms with van der Waals surface area (Å²) in [5.74, 6) is -0.509. The normalized spacial score (nSPS) is 13.1. The van der Waals surface area contributed by atoms with Gasteiger partial charge in [-0.3, -0.25) is 9.59 Å². The maximum atomic E-state index is 12.4. The van der Waals surface area contributed by atoms with E-state index in [9.17, 15) is 9.59 Å². The highest BCUT2D eigenvalue weighted by Crippen LogP contribution is 2.19. The van der Waals surface area contributed by atoms with Crippen molar-refractivity contribution in [3.05, 3.63) is 60.2 Å². The van der Waals surface area contributed by atoms with Gasteiger partial charge in [0.15, 0.2) is 0 Å². The average molecular weight is 367 g/mol. The fourth-order valence-corrected chi connectivity index (χ4v) is 2.89. The third-order valence-electron chi connectivity index (χ3n) is 4.45. The summed E-state index contributed by atoms with van der Waals surface area (Å²) in [4.78, 5) is 24.5. The number of nitrogens with two attached hydrogens (primary N) is 1. The lowest BCUT2D eigenvalue weighted by atomic mass is 9.99. The molecule has 0 aromatic heterocycles. The molecule has 0 spiro atoms. The van der Waals surface area contributed by atoms with E-state index in [0.717, 1.165) is 16.7 Å². The Bertz CT molecular complexity index is 742. The highest BCUT2D eigenvalue weighted by atomic mass is 16.2. The van der Waals surface area contributed by atoms with E-state index in [1.165, 1.54) is 0 Å². The Balaban J connectivity index is 1.98. The van der Waals surface area contributed by atoms with Crippen molar-refractivity contribution in [3.8, 4) is 11.1 Å². The van der Waals surface area contributed by atoms with Gasteiger partial charge in [-0.05, 0) is 36.0 Å². The number of carbonyl (C=O) groups is 2. The number of nitrogens with one attached hydrogen (secondary N) is 2. The van der Waals surface area contributed by atoms with E-state index in [2.05, 4.69) is 22.8 Å². The SMILES string of the molecule is CCNC(=O)C(NC(=O)C(N)Cc1ccc(-c2ccccc2)cc1)C(C)C. The number of carbonyl (C=O) groups excluding carboxylic acids is 2. The summed E-state index contributed by atoms with van der Waals surface area (Å²) >= 11 is 0. The summed E-state index contributed by atoms with van der Waals surface area (Å²) < 4.78 is 0. The first-order valence-electron chi connectivity index (χ1n) is 9.40. The van der Waals surface area contributed by atoms with E-state index in [4.69, 9.17) is 5.73 Å². The molecule has 0 saturated carbocycles. The number of likely N-dealkylation sites (N-methyl/N-ethyl adjacent to an activating group) is 1. The summed E-state index contributed by atoms with van der Waals surface area (Å²) in [7, 11) is 0. The second-order valence-corrected chi connectivity index (χ2v) is 7.00. The Morgan fingerprint density at radius 1 is 0.926 bits per heavy atom. The van der Waals surface area contributed by atoms with Gasteiger partial charge in [0.2, 0.25) is 11.8 Å². The van der Waals surface area contributed by atoms with Crippen LogP contribution >= 0.6 is 0 Å². The molecular weight excluding hydrogens is 338 g/mol. The quantitative estimate of drug-likeness (QED) is 0.670. The van der Waals surface area contributed by atoms with Gasteiger partial charge in [0.05, 0.1) is 6.04 Å². The molecule has 0 fully saturated rings. The molecule has 2 amide bonds. The van der Waals surface area contributed by atoms with Crippen molar-refractivity contribution in [2.75, 3.05) is 6.54 Å². The highest BCUT2D eigenvalue weighted by molar-refractivity contribution is 5.90. The zero-order valence-corrected chi connectivity index (χ0v) is 16.2. The predicted molar refractivity (Wildman–Crippen MR) is 109 cm³/mol. The van der Waals surface area contributed by atoms with Crippen molar-refractivity contribution < 1.29 is 9.59 Å². The summed E-state index contributed by atoms with van der Waals surface area (Å²) in [5, 5.41) is 5.53. The molecule has 2 rings (SSSR count). The lowest BCUT2D eigenvalue weighted by Gasteiger charge is -2.23. The van der Waals surface area contributed by atoms with Crippen LogP contribution < -0.4 is 16.4 Å². The van der Waals surface area contributed by atoms with Gasteiger partial charge in [0, 0.05) is 6.54 Å². The third-order valence-corrected chi connectivity index (χ3v) is 4.45. The molecule has 0 aliphatic carbocycles. The molecule has 2 unspecified atom stereocenters. The molecule has 144 valence electrons. The monoisotopic (exact) mass is 367 g/mol. The minimum absolute atomic E-state index is 0.0159. The van der Waals surface area contributed by atoms with Crippen LogP contribution in [0.4, 0.5) is 0 Å². The lowest BCUT2D eigenvalue weighted by Crippen LogP contribution is -2.54. The van der Waals surface area contributed by atoms with Crippen LogP contribution in [0.3, 0.4) is 0 Å². The zero-order chi connectivity index (χ0) is 19.8. The van der Waals surface area contributed by atoms with E-state index in [1.54, 1.807) is 0 Å². The molecule has 2 aromatic carbocycles. The highest BCUT2D eigenvalue weighted by Gasteiger charge is 2.26. The Kier molecular flexibility index (Phi) is 7.55. The molecule has 0 saturated heterocycles. The second kappa shape index (κ2) is 9.88. The topological polar surface area (TPSA) is 84.2 Å². The number of benzene rings is 2. The lowest BCUT2D eigenvalue weighted by molar-refractivity contribution is -0.130. The Labute approximate surface area is 161 Å². The van der Waals surface area contributed by atoms with Crippen LogP contribution in [0.1, 0.15) is 26.3 Å². The molecule has 27 heavy (non-hydrogen) atoms. The molecule has 0 bridgehead atoms. The minimum atomic E-state index is -0.705. The van der Waals surface area contributed by atoms with E-state index in [0.29, 0.717) is 13.0 Å². The van der Waals surface area contributed by atoms with Crippen LogP contribution in [0.5, 0.6) is 0 Å². The molecule has 2 atom stereocenters. The molecule has 0 radical (unpaired) electrons. The molecule has 0 aliphatic heterocycles. The molecule has 0 heterocycles. The number of amides is 2. The van der Waals surface area contributed by atoms with E-state index < -0.39 is 12.1 Å². The second-order valence-electron chi connectivity index (χ2n) is 7.00. The van der Waals surface area contributed by atoms with Crippen LogP contribution in [0.25, 0.3) is 11.1 Å². The summed E-state index contributed by atoms with van der Waals surface area (Å²) in [6, 6.07) is 16.9. The van der Waals surface area contributed by atoms with E-state index in [1.807, 2.05) is 63.2 Å². The average Bonchev–Trinajstić information content (AvgIpc) is 2.67. The maximum absolute atomic E-state index is 12.4. The van der Waals surface area contributed by atoms with Crippen molar-refractivity contribution in [3.63, 3.8) is 0 Å². The number of hydrogen-bond donors (Lipinski definition) is 3. The fourth-order valence-electron chi connectivity index (χ4n) is 2.89. The van der Waals surface area contributed by atoms with Crippen molar-refractivity contribution in [2.24, 2.45) is 11.7 Å². The molecule has 5 nitrogen and oxygen atoms in total. The Morgan fingerprint density at radius 3 is 2.07 bits per heavy atom. The zero-order valence-electron chi connectivity index (χ0n) is 16.2. The molecule has 4 N–H and O–H groups in total. The third kappa shape index (κ3) is 5.93. The van der Waals surface area contributed by atoms with Crippen molar-refractivity contribution in [1.82, 2.24) is 10.6 Å². The number of rotatable bonds is 8. The first-order valence-corrected chi connectivity index (χ1v) is 9.40. The first-order chi connectivity index (χ1) is 12.9. The molecule has 2 aromatic rings. The Morgan fingerprint density at radius 2 is 1.52 bits per heavy atom. The van der Waals surface area contributed by atoms with Crippen molar-refractivity contribution in [1.29, 1.82) is 0 Å². The standard InChI is InChI=1S/C22H29N3O2/c1-4-24-22(27)20(15(2)3)25-21(26)19(23)14-16-10-12-18(13-11-16)17-8-6-5-7-9-17/h5-13,15,19-20H,4,14,23H2,1-3H3,(H,24,27)(H,25,26). The molecule has 0 aliphatic rings. The van der Waals surface area contributed by atoms with Gasteiger partial charge < -0.3 is 16.4 Å².